The lowest BCUT2D eigenvalue weighted by Crippen LogP contribution is -2.45. The number of piperazine rings is 1. The summed E-state index contributed by atoms with van der Waals surface area (Å²) >= 11 is 0. The Morgan fingerprint density at radius 3 is 2.59 bits per heavy atom. The highest BCUT2D eigenvalue weighted by molar-refractivity contribution is 5.85. The molecular weight excluding hydrogens is 259 g/mol. The summed E-state index contributed by atoms with van der Waals surface area (Å²) in [6, 6.07) is 4.56. The molecule has 1 aliphatic heterocycles. The monoisotopic (exact) mass is 280 g/mol. The molecule has 0 spiro atoms. The summed E-state index contributed by atoms with van der Waals surface area (Å²) in [5.41, 5.74) is 0. The summed E-state index contributed by atoms with van der Waals surface area (Å²) < 4.78 is 5.54. The van der Waals surface area contributed by atoms with Gasteiger partial charge in [-0.2, -0.15) is 0 Å². The lowest BCUT2D eigenvalue weighted by molar-refractivity contribution is 0.146. The van der Waals surface area contributed by atoms with Crippen molar-refractivity contribution in [2.75, 3.05) is 26.2 Å². The predicted molar refractivity (Wildman–Crippen MR) is 75.3 cm³/mol. The smallest absolute Gasteiger partial charge is 0.120 e. The molecule has 2 heterocycles. The number of halogens is 2. The molecule has 1 aromatic rings. The molecule has 5 heteroatoms. The van der Waals surface area contributed by atoms with E-state index >= 15 is 0 Å². The fraction of sp³-hybridized carbons (Fsp3) is 0.667. The molecule has 1 aromatic heterocycles. The highest BCUT2D eigenvalue weighted by atomic mass is 35.5. The van der Waals surface area contributed by atoms with E-state index in [0.29, 0.717) is 6.04 Å². The van der Waals surface area contributed by atoms with Crippen LogP contribution in [-0.4, -0.2) is 31.1 Å². The summed E-state index contributed by atoms with van der Waals surface area (Å²) in [5, 5.41) is 3.38. The standard InChI is InChI=1S/C12H20N2O.2ClH/c1-2-4-11(12-5-3-10-15-12)14-8-6-13-7-9-14;;/h3,5,10-11,13H,2,4,6-9H2,1H3;2*1H/t11-;;/m0../s1. The molecular formula is C12H22Cl2N2O. The first kappa shape index (κ1) is 16.8. The molecule has 0 saturated carbocycles. The van der Waals surface area contributed by atoms with E-state index in [1.54, 1.807) is 6.26 Å². The summed E-state index contributed by atoms with van der Waals surface area (Å²) in [7, 11) is 0. The molecule has 2 rings (SSSR count). The van der Waals surface area contributed by atoms with Crippen LogP contribution in [-0.2, 0) is 0 Å². The van der Waals surface area contributed by atoms with Crippen LogP contribution in [0, 0.1) is 0 Å². The average molecular weight is 281 g/mol. The minimum atomic E-state index is 0. The number of hydrogen-bond acceptors (Lipinski definition) is 3. The minimum Gasteiger partial charge on any atom is -0.468 e. The van der Waals surface area contributed by atoms with Crippen molar-refractivity contribution in [2.45, 2.75) is 25.8 Å². The first-order chi connectivity index (χ1) is 7.42. The summed E-state index contributed by atoms with van der Waals surface area (Å²) in [6.07, 6.45) is 4.17. The molecule has 100 valence electrons. The Kier molecular flexibility index (Phi) is 8.70. The second-order valence-corrected chi connectivity index (χ2v) is 4.11. The van der Waals surface area contributed by atoms with Crippen LogP contribution in [0.15, 0.2) is 22.8 Å². The van der Waals surface area contributed by atoms with Gasteiger partial charge in [-0.05, 0) is 18.6 Å². The van der Waals surface area contributed by atoms with Crippen molar-refractivity contribution in [3.63, 3.8) is 0 Å². The summed E-state index contributed by atoms with van der Waals surface area (Å²) in [5.74, 6) is 1.12. The zero-order chi connectivity index (χ0) is 10.5. The van der Waals surface area contributed by atoms with Crippen LogP contribution >= 0.6 is 24.8 Å². The van der Waals surface area contributed by atoms with Crippen LogP contribution in [0.5, 0.6) is 0 Å². The van der Waals surface area contributed by atoms with Gasteiger partial charge in [-0.1, -0.05) is 13.3 Å². The summed E-state index contributed by atoms with van der Waals surface area (Å²) in [4.78, 5) is 2.53. The van der Waals surface area contributed by atoms with Crippen molar-refractivity contribution >= 4 is 24.8 Å². The number of rotatable bonds is 4. The highest BCUT2D eigenvalue weighted by Crippen LogP contribution is 2.26. The van der Waals surface area contributed by atoms with Gasteiger partial charge in [0.25, 0.3) is 0 Å². The maximum Gasteiger partial charge on any atom is 0.120 e. The second kappa shape index (κ2) is 8.81. The predicted octanol–water partition coefficient (Wildman–Crippen LogP) is 2.87. The van der Waals surface area contributed by atoms with Crippen molar-refractivity contribution in [3.8, 4) is 0 Å². The van der Waals surface area contributed by atoms with Gasteiger partial charge < -0.3 is 9.73 Å². The molecule has 1 saturated heterocycles. The van der Waals surface area contributed by atoms with E-state index < -0.39 is 0 Å². The second-order valence-electron chi connectivity index (χ2n) is 4.11. The average Bonchev–Trinajstić information content (AvgIpc) is 2.80. The zero-order valence-electron chi connectivity index (χ0n) is 10.2. The largest absolute Gasteiger partial charge is 0.468 e. The lowest BCUT2D eigenvalue weighted by Gasteiger charge is -2.33. The van der Waals surface area contributed by atoms with Gasteiger partial charge in [-0.3, -0.25) is 4.90 Å². The van der Waals surface area contributed by atoms with Crippen LogP contribution in [0.3, 0.4) is 0 Å². The first-order valence-electron chi connectivity index (χ1n) is 5.90. The Morgan fingerprint density at radius 2 is 2.06 bits per heavy atom. The van der Waals surface area contributed by atoms with Crippen LogP contribution in [0.2, 0.25) is 0 Å². The van der Waals surface area contributed by atoms with Crippen molar-refractivity contribution < 1.29 is 4.42 Å². The van der Waals surface area contributed by atoms with E-state index in [2.05, 4.69) is 23.2 Å². The SMILES string of the molecule is CCC[C@@H](c1ccco1)N1CCNCC1.Cl.Cl. The van der Waals surface area contributed by atoms with Gasteiger partial charge >= 0.3 is 0 Å². The Balaban J connectivity index is 0.00000128. The zero-order valence-corrected chi connectivity index (χ0v) is 11.9. The van der Waals surface area contributed by atoms with Gasteiger partial charge in [-0.25, -0.2) is 0 Å². The molecule has 0 unspecified atom stereocenters. The van der Waals surface area contributed by atoms with E-state index in [4.69, 9.17) is 4.42 Å². The van der Waals surface area contributed by atoms with Gasteiger partial charge in [0.15, 0.2) is 0 Å². The number of nitrogens with one attached hydrogen (secondary N) is 1. The van der Waals surface area contributed by atoms with Gasteiger partial charge in [0.1, 0.15) is 5.76 Å². The van der Waals surface area contributed by atoms with Crippen molar-refractivity contribution in [1.82, 2.24) is 10.2 Å². The fourth-order valence-electron chi connectivity index (χ4n) is 2.25. The van der Waals surface area contributed by atoms with Gasteiger partial charge in [0, 0.05) is 26.2 Å². The minimum absolute atomic E-state index is 0. The molecule has 1 N–H and O–H groups in total. The molecule has 0 radical (unpaired) electrons. The molecule has 0 amide bonds. The molecule has 1 fully saturated rings. The topological polar surface area (TPSA) is 28.4 Å². The molecule has 1 atom stereocenters. The van der Waals surface area contributed by atoms with Crippen LogP contribution < -0.4 is 5.32 Å². The highest BCUT2D eigenvalue weighted by Gasteiger charge is 2.22. The van der Waals surface area contributed by atoms with Crippen molar-refractivity contribution in [1.29, 1.82) is 0 Å². The van der Waals surface area contributed by atoms with Gasteiger partial charge in [0.2, 0.25) is 0 Å². The molecule has 0 aliphatic carbocycles. The third-order valence-electron chi connectivity index (χ3n) is 3.03. The van der Waals surface area contributed by atoms with E-state index in [1.165, 1.54) is 12.8 Å². The van der Waals surface area contributed by atoms with E-state index in [0.717, 1.165) is 31.9 Å². The van der Waals surface area contributed by atoms with E-state index in [9.17, 15) is 0 Å². The van der Waals surface area contributed by atoms with Crippen LogP contribution in [0.1, 0.15) is 31.6 Å². The van der Waals surface area contributed by atoms with E-state index in [1.807, 2.05) is 6.07 Å². The number of hydrogen-bond donors (Lipinski definition) is 1. The Labute approximate surface area is 116 Å². The Hall–Kier alpha value is -0.220. The molecule has 1 aliphatic rings. The summed E-state index contributed by atoms with van der Waals surface area (Å²) in [6.45, 7) is 6.69. The number of furan rings is 1. The molecule has 0 bridgehead atoms. The maximum atomic E-state index is 5.54. The first-order valence-corrected chi connectivity index (χ1v) is 5.90. The normalized spacial score (nSPS) is 17.9. The van der Waals surface area contributed by atoms with Crippen LogP contribution in [0.4, 0.5) is 0 Å². The Morgan fingerprint density at radius 1 is 1.35 bits per heavy atom. The van der Waals surface area contributed by atoms with Crippen molar-refractivity contribution in [3.05, 3.63) is 24.2 Å². The quantitative estimate of drug-likeness (QED) is 0.920. The third kappa shape index (κ3) is 4.51. The van der Waals surface area contributed by atoms with Gasteiger partial charge in [-0.15, -0.1) is 24.8 Å². The van der Waals surface area contributed by atoms with Crippen molar-refractivity contribution in [2.24, 2.45) is 0 Å². The third-order valence-corrected chi connectivity index (χ3v) is 3.03. The fourth-order valence-corrected chi connectivity index (χ4v) is 2.25. The number of nitrogens with zero attached hydrogens (tertiary/aromatic N) is 1. The Bertz CT molecular complexity index is 274. The molecule has 17 heavy (non-hydrogen) atoms. The molecule has 3 nitrogen and oxygen atoms in total. The lowest BCUT2D eigenvalue weighted by atomic mass is 10.1. The van der Waals surface area contributed by atoms with E-state index in [-0.39, 0.29) is 24.8 Å². The molecule has 0 aromatic carbocycles. The van der Waals surface area contributed by atoms with Crippen LogP contribution in [0.25, 0.3) is 0 Å². The maximum absolute atomic E-state index is 5.54. The van der Waals surface area contributed by atoms with Gasteiger partial charge in [0.05, 0.1) is 12.3 Å².